The molecule has 0 spiro atoms. The Kier molecular flexibility index (Phi) is 3.56. The average molecular weight is 285 g/mol. The normalized spacial score (nSPS) is 11.0. The molecule has 0 aliphatic rings. The number of hydrogen-bond acceptors (Lipinski definition) is 2. The van der Waals surface area contributed by atoms with Crippen LogP contribution in [0.4, 0.5) is 0 Å². The SMILES string of the molecule is O=C(O)Cc1cn(CCc2cccs2)c2ccccc12. The molecule has 1 aromatic carbocycles. The third kappa shape index (κ3) is 2.60. The zero-order valence-electron chi connectivity index (χ0n) is 11.0. The molecule has 20 heavy (non-hydrogen) atoms. The maximum atomic E-state index is 11.0. The summed E-state index contributed by atoms with van der Waals surface area (Å²) in [4.78, 5) is 12.3. The number of thiophene rings is 1. The smallest absolute Gasteiger partial charge is 0.307 e. The van der Waals surface area contributed by atoms with Gasteiger partial charge >= 0.3 is 5.97 Å². The molecule has 102 valence electrons. The van der Waals surface area contributed by atoms with Gasteiger partial charge in [0, 0.05) is 28.5 Å². The van der Waals surface area contributed by atoms with Crippen molar-refractivity contribution in [3.05, 3.63) is 58.4 Å². The van der Waals surface area contributed by atoms with Gasteiger partial charge < -0.3 is 9.67 Å². The summed E-state index contributed by atoms with van der Waals surface area (Å²) in [6.07, 6.45) is 3.03. The Balaban J connectivity index is 1.91. The minimum atomic E-state index is -0.786. The van der Waals surface area contributed by atoms with Crippen molar-refractivity contribution in [2.45, 2.75) is 19.4 Å². The number of aliphatic carboxylic acids is 1. The number of hydrogen-bond donors (Lipinski definition) is 1. The molecule has 0 saturated heterocycles. The van der Waals surface area contributed by atoms with Crippen LogP contribution in [0.5, 0.6) is 0 Å². The fourth-order valence-electron chi connectivity index (χ4n) is 2.50. The molecule has 0 aliphatic heterocycles. The van der Waals surface area contributed by atoms with Crippen LogP contribution in [0.2, 0.25) is 0 Å². The summed E-state index contributed by atoms with van der Waals surface area (Å²) in [7, 11) is 0. The molecule has 0 atom stereocenters. The largest absolute Gasteiger partial charge is 0.481 e. The topological polar surface area (TPSA) is 42.2 Å². The summed E-state index contributed by atoms with van der Waals surface area (Å²) in [6.45, 7) is 0.876. The summed E-state index contributed by atoms with van der Waals surface area (Å²) < 4.78 is 2.16. The number of para-hydroxylation sites is 1. The lowest BCUT2D eigenvalue weighted by Gasteiger charge is -2.03. The van der Waals surface area contributed by atoms with Crippen LogP contribution in [0, 0.1) is 0 Å². The summed E-state index contributed by atoms with van der Waals surface area (Å²) in [6, 6.07) is 12.2. The molecule has 3 aromatic rings. The van der Waals surface area contributed by atoms with Crippen molar-refractivity contribution in [1.82, 2.24) is 4.57 Å². The molecule has 1 N–H and O–H groups in total. The minimum absolute atomic E-state index is 0.0759. The molecule has 2 heterocycles. The Bertz CT molecular complexity index is 728. The second-order valence-electron chi connectivity index (χ2n) is 4.76. The highest BCUT2D eigenvalue weighted by atomic mass is 32.1. The van der Waals surface area contributed by atoms with Crippen LogP contribution >= 0.6 is 11.3 Å². The maximum Gasteiger partial charge on any atom is 0.307 e. The van der Waals surface area contributed by atoms with Crippen molar-refractivity contribution in [3.8, 4) is 0 Å². The molecule has 0 bridgehead atoms. The fraction of sp³-hybridized carbons (Fsp3) is 0.188. The minimum Gasteiger partial charge on any atom is -0.481 e. The van der Waals surface area contributed by atoms with Gasteiger partial charge in [-0.15, -0.1) is 11.3 Å². The van der Waals surface area contributed by atoms with Crippen LogP contribution in [0.1, 0.15) is 10.4 Å². The maximum absolute atomic E-state index is 11.0. The third-order valence-corrected chi connectivity index (χ3v) is 4.33. The molecule has 4 heteroatoms. The predicted molar refractivity (Wildman–Crippen MR) is 81.3 cm³/mol. The number of nitrogens with zero attached hydrogens (tertiary/aromatic N) is 1. The van der Waals surface area contributed by atoms with Gasteiger partial charge in [-0.25, -0.2) is 0 Å². The molecule has 3 nitrogen and oxygen atoms in total. The quantitative estimate of drug-likeness (QED) is 0.778. The number of carboxylic acids is 1. The number of rotatable bonds is 5. The van der Waals surface area contributed by atoms with Gasteiger partial charge in [-0.1, -0.05) is 24.3 Å². The highest BCUT2D eigenvalue weighted by molar-refractivity contribution is 7.09. The van der Waals surface area contributed by atoms with Crippen molar-refractivity contribution in [3.63, 3.8) is 0 Å². The van der Waals surface area contributed by atoms with Crippen molar-refractivity contribution in [1.29, 1.82) is 0 Å². The number of aryl methyl sites for hydroxylation is 2. The van der Waals surface area contributed by atoms with Gasteiger partial charge in [0.2, 0.25) is 0 Å². The molecule has 0 radical (unpaired) electrons. The van der Waals surface area contributed by atoms with Crippen LogP contribution in [0.25, 0.3) is 10.9 Å². The van der Waals surface area contributed by atoms with Crippen molar-refractivity contribution in [2.24, 2.45) is 0 Å². The summed E-state index contributed by atoms with van der Waals surface area (Å²) in [5.74, 6) is -0.786. The summed E-state index contributed by atoms with van der Waals surface area (Å²) in [5, 5.41) is 12.1. The Labute approximate surface area is 121 Å². The number of aromatic nitrogens is 1. The van der Waals surface area contributed by atoms with E-state index in [-0.39, 0.29) is 6.42 Å². The molecule has 0 fully saturated rings. The van der Waals surface area contributed by atoms with Crippen molar-refractivity contribution >= 4 is 28.2 Å². The molecule has 2 aromatic heterocycles. The van der Waals surface area contributed by atoms with E-state index in [2.05, 4.69) is 28.1 Å². The Hall–Kier alpha value is -2.07. The first-order chi connectivity index (χ1) is 9.74. The van der Waals surface area contributed by atoms with E-state index >= 15 is 0 Å². The van der Waals surface area contributed by atoms with Crippen LogP contribution < -0.4 is 0 Å². The molecular formula is C16H15NO2S. The number of carbonyl (C=O) groups is 1. The van der Waals surface area contributed by atoms with E-state index in [0.29, 0.717) is 0 Å². The first-order valence-electron chi connectivity index (χ1n) is 6.55. The molecule has 0 unspecified atom stereocenters. The van der Waals surface area contributed by atoms with Crippen LogP contribution in [0.3, 0.4) is 0 Å². The lowest BCUT2D eigenvalue weighted by molar-refractivity contribution is -0.136. The lowest BCUT2D eigenvalue weighted by atomic mass is 10.1. The van der Waals surface area contributed by atoms with Gasteiger partial charge in [0.1, 0.15) is 0 Å². The van der Waals surface area contributed by atoms with Crippen LogP contribution in [-0.2, 0) is 24.2 Å². The van der Waals surface area contributed by atoms with E-state index in [4.69, 9.17) is 5.11 Å². The van der Waals surface area contributed by atoms with E-state index < -0.39 is 5.97 Å². The van der Waals surface area contributed by atoms with E-state index in [1.165, 1.54) is 4.88 Å². The predicted octanol–water partition coefficient (Wildman–Crippen LogP) is 3.57. The Morgan fingerprint density at radius 2 is 2.05 bits per heavy atom. The summed E-state index contributed by atoms with van der Waals surface area (Å²) >= 11 is 1.76. The third-order valence-electron chi connectivity index (χ3n) is 3.39. The zero-order chi connectivity index (χ0) is 13.9. The average Bonchev–Trinajstić information content (AvgIpc) is 3.05. The van der Waals surface area contributed by atoms with E-state index in [1.807, 2.05) is 24.4 Å². The molecular weight excluding hydrogens is 270 g/mol. The fourth-order valence-corrected chi connectivity index (χ4v) is 3.20. The molecule has 0 saturated carbocycles. The molecule has 3 rings (SSSR count). The first-order valence-corrected chi connectivity index (χ1v) is 7.43. The van der Waals surface area contributed by atoms with Gasteiger partial charge in [0.15, 0.2) is 0 Å². The number of fused-ring (bicyclic) bond motifs is 1. The van der Waals surface area contributed by atoms with Crippen LogP contribution in [-0.4, -0.2) is 15.6 Å². The number of carboxylic acid groups (broad SMARTS) is 1. The van der Waals surface area contributed by atoms with Crippen molar-refractivity contribution < 1.29 is 9.90 Å². The highest BCUT2D eigenvalue weighted by Crippen LogP contribution is 2.22. The van der Waals surface area contributed by atoms with E-state index in [0.717, 1.165) is 29.4 Å². The second kappa shape index (κ2) is 5.51. The van der Waals surface area contributed by atoms with Gasteiger partial charge in [-0.3, -0.25) is 4.79 Å². The van der Waals surface area contributed by atoms with Gasteiger partial charge in [-0.05, 0) is 29.5 Å². The zero-order valence-corrected chi connectivity index (χ0v) is 11.8. The second-order valence-corrected chi connectivity index (χ2v) is 5.80. The first kappa shape index (κ1) is 12.9. The highest BCUT2D eigenvalue weighted by Gasteiger charge is 2.10. The number of benzene rings is 1. The Morgan fingerprint density at radius 3 is 2.80 bits per heavy atom. The van der Waals surface area contributed by atoms with Gasteiger partial charge in [0.25, 0.3) is 0 Å². The molecule has 0 aliphatic carbocycles. The van der Waals surface area contributed by atoms with Crippen LogP contribution in [0.15, 0.2) is 48.0 Å². The van der Waals surface area contributed by atoms with E-state index in [9.17, 15) is 4.79 Å². The Morgan fingerprint density at radius 1 is 1.20 bits per heavy atom. The van der Waals surface area contributed by atoms with Gasteiger partial charge in [0.05, 0.1) is 6.42 Å². The molecule has 0 amide bonds. The monoisotopic (exact) mass is 285 g/mol. The van der Waals surface area contributed by atoms with Gasteiger partial charge in [-0.2, -0.15) is 0 Å². The van der Waals surface area contributed by atoms with E-state index in [1.54, 1.807) is 11.3 Å². The lowest BCUT2D eigenvalue weighted by Crippen LogP contribution is -2.00. The van der Waals surface area contributed by atoms with Crippen molar-refractivity contribution in [2.75, 3.05) is 0 Å². The standard InChI is InChI=1S/C16H15NO2S/c18-16(19)10-12-11-17(8-7-13-4-3-9-20-13)15-6-2-1-5-14(12)15/h1-6,9,11H,7-8,10H2,(H,18,19). The summed E-state index contributed by atoms with van der Waals surface area (Å²) in [5.41, 5.74) is 2.00.